The fourth-order valence-corrected chi connectivity index (χ4v) is 5.23. The van der Waals surface area contributed by atoms with Crippen molar-refractivity contribution in [1.29, 1.82) is 5.26 Å². The Morgan fingerprint density at radius 1 is 1.07 bits per heavy atom. The molecule has 1 aromatic heterocycles. The molecule has 40 heavy (non-hydrogen) atoms. The smallest absolute Gasteiger partial charge is 0.410 e. The number of ether oxygens (including phenoxy) is 2. The van der Waals surface area contributed by atoms with E-state index in [2.05, 4.69) is 20.4 Å². The molecule has 1 aromatic carbocycles. The lowest BCUT2D eigenvalue weighted by atomic mass is 9.93. The monoisotopic (exact) mass is 568 g/mol. The Kier molecular flexibility index (Phi) is 9.36. The van der Waals surface area contributed by atoms with Gasteiger partial charge in [0, 0.05) is 38.3 Å². The third-order valence-corrected chi connectivity index (χ3v) is 7.59. The molecule has 1 aliphatic heterocycles. The summed E-state index contributed by atoms with van der Waals surface area (Å²) < 4.78 is 11.5. The average Bonchev–Trinajstić information content (AvgIpc) is 2.93. The molecule has 2 fully saturated rings. The molecular formula is C29H37ClN6O4. The lowest BCUT2D eigenvalue weighted by Crippen LogP contribution is -2.47. The number of nitrogens with zero attached hydrogens (tertiary/aromatic N) is 5. The van der Waals surface area contributed by atoms with Crippen LogP contribution in [0.3, 0.4) is 0 Å². The number of carbonyl (C=O) groups is 2. The normalized spacial score (nSPS) is 19.9. The van der Waals surface area contributed by atoms with Crippen molar-refractivity contribution in [1.82, 2.24) is 20.4 Å². The van der Waals surface area contributed by atoms with Crippen LogP contribution in [0.4, 0.5) is 10.6 Å². The third kappa shape index (κ3) is 7.75. The second kappa shape index (κ2) is 12.7. The maximum Gasteiger partial charge on any atom is 0.410 e. The molecule has 1 saturated heterocycles. The molecule has 11 heteroatoms. The zero-order valence-corrected chi connectivity index (χ0v) is 24.3. The van der Waals surface area contributed by atoms with Crippen LogP contribution in [0.1, 0.15) is 75.3 Å². The summed E-state index contributed by atoms with van der Waals surface area (Å²) in [5.41, 5.74) is 0.185. The van der Waals surface area contributed by atoms with Gasteiger partial charge in [0.05, 0.1) is 16.7 Å². The van der Waals surface area contributed by atoms with E-state index in [1.807, 2.05) is 32.9 Å². The van der Waals surface area contributed by atoms with Crippen molar-refractivity contribution in [2.24, 2.45) is 0 Å². The molecule has 4 rings (SSSR count). The van der Waals surface area contributed by atoms with Gasteiger partial charge in [-0.05, 0) is 83.6 Å². The first kappa shape index (κ1) is 29.4. The lowest BCUT2D eigenvalue weighted by Gasteiger charge is -2.37. The number of nitrogens with one attached hydrogen (secondary N) is 1. The molecule has 1 saturated carbocycles. The predicted octanol–water partition coefficient (Wildman–Crippen LogP) is 4.96. The van der Waals surface area contributed by atoms with Crippen molar-refractivity contribution in [3.05, 3.63) is 46.6 Å². The summed E-state index contributed by atoms with van der Waals surface area (Å²) in [7, 11) is 1.78. The first-order valence-corrected chi connectivity index (χ1v) is 14.1. The number of hydrogen-bond acceptors (Lipinski definition) is 8. The van der Waals surface area contributed by atoms with Crippen molar-refractivity contribution in [2.45, 2.75) is 83.1 Å². The van der Waals surface area contributed by atoms with Gasteiger partial charge in [0.1, 0.15) is 17.4 Å². The van der Waals surface area contributed by atoms with Gasteiger partial charge in [0.15, 0.2) is 11.5 Å². The number of carbonyl (C=O) groups excluding carboxylic acids is 2. The van der Waals surface area contributed by atoms with Crippen molar-refractivity contribution in [3.63, 3.8) is 0 Å². The number of hydrogen-bond donors (Lipinski definition) is 1. The minimum absolute atomic E-state index is 0.0318. The van der Waals surface area contributed by atoms with E-state index in [-0.39, 0.29) is 35.9 Å². The lowest BCUT2D eigenvalue weighted by molar-refractivity contribution is 0.0200. The van der Waals surface area contributed by atoms with Crippen LogP contribution >= 0.6 is 11.6 Å². The highest BCUT2D eigenvalue weighted by molar-refractivity contribution is 6.31. The Balaban J connectivity index is 1.21. The highest BCUT2D eigenvalue weighted by atomic mass is 35.5. The zero-order valence-electron chi connectivity index (χ0n) is 23.5. The van der Waals surface area contributed by atoms with Gasteiger partial charge in [-0.15, -0.1) is 10.2 Å². The molecule has 0 radical (unpaired) electrons. The molecule has 1 N–H and O–H groups in total. The van der Waals surface area contributed by atoms with E-state index < -0.39 is 5.60 Å². The molecule has 0 unspecified atom stereocenters. The molecule has 2 amide bonds. The van der Waals surface area contributed by atoms with Gasteiger partial charge < -0.3 is 24.6 Å². The van der Waals surface area contributed by atoms with Crippen LogP contribution < -0.4 is 15.0 Å². The molecule has 2 aromatic rings. The van der Waals surface area contributed by atoms with Gasteiger partial charge in [-0.25, -0.2) is 4.79 Å². The average molecular weight is 569 g/mol. The Morgan fingerprint density at radius 3 is 2.35 bits per heavy atom. The molecule has 214 valence electrons. The summed E-state index contributed by atoms with van der Waals surface area (Å²) >= 11 is 6.10. The van der Waals surface area contributed by atoms with Crippen molar-refractivity contribution >= 4 is 29.4 Å². The van der Waals surface area contributed by atoms with Gasteiger partial charge in [0.2, 0.25) is 0 Å². The molecule has 2 aliphatic rings. The van der Waals surface area contributed by atoms with E-state index in [9.17, 15) is 9.59 Å². The molecular weight excluding hydrogens is 532 g/mol. The van der Waals surface area contributed by atoms with Crippen molar-refractivity contribution in [3.8, 4) is 11.8 Å². The Labute approximate surface area is 240 Å². The number of amides is 2. The minimum Gasteiger partial charge on any atom is -0.490 e. The van der Waals surface area contributed by atoms with Gasteiger partial charge in [0.25, 0.3) is 5.91 Å². The first-order chi connectivity index (χ1) is 19.0. The van der Waals surface area contributed by atoms with E-state index >= 15 is 0 Å². The molecule has 0 atom stereocenters. The van der Waals surface area contributed by atoms with Gasteiger partial charge in [-0.3, -0.25) is 4.79 Å². The van der Waals surface area contributed by atoms with E-state index in [0.29, 0.717) is 16.3 Å². The van der Waals surface area contributed by atoms with Crippen molar-refractivity contribution in [2.75, 3.05) is 25.0 Å². The summed E-state index contributed by atoms with van der Waals surface area (Å²) in [6.45, 7) is 7.06. The Hall–Kier alpha value is -3.58. The van der Waals surface area contributed by atoms with E-state index in [1.165, 1.54) is 0 Å². The summed E-state index contributed by atoms with van der Waals surface area (Å²) in [6, 6.07) is 10.8. The van der Waals surface area contributed by atoms with E-state index in [1.54, 1.807) is 36.2 Å². The minimum atomic E-state index is -0.522. The maximum atomic E-state index is 12.8. The highest BCUT2D eigenvalue weighted by Crippen LogP contribution is 2.27. The molecule has 2 heterocycles. The Bertz CT molecular complexity index is 1230. The van der Waals surface area contributed by atoms with Crippen LogP contribution in [0.5, 0.6) is 5.75 Å². The molecule has 10 nitrogen and oxygen atoms in total. The quantitative estimate of drug-likeness (QED) is 0.519. The van der Waals surface area contributed by atoms with Crippen LogP contribution in [-0.2, 0) is 4.74 Å². The number of halogens is 1. The fraction of sp³-hybridized carbons (Fsp3) is 0.552. The topological polar surface area (TPSA) is 121 Å². The van der Waals surface area contributed by atoms with Crippen LogP contribution in [-0.4, -0.2) is 71.0 Å². The van der Waals surface area contributed by atoms with E-state index in [4.69, 9.17) is 26.3 Å². The fourth-order valence-electron chi connectivity index (χ4n) is 5.02. The first-order valence-electron chi connectivity index (χ1n) is 13.7. The zero-order chi connectivity index (χ0) is 28.9. The number of nitriles is 1. The van der Waals surface area contributed by atoms with Crippen LogP contribution in [0, 0.1) is 11.3 Å². The largest absolute Gasteiger partial charge is 0.490 e. The second-order valence-electron chi connectivity index (χ2n) is 11.4. The Morgan fingerprint density at radius 2 is 1.77 bits per heavy atom. The third-order valence-electron chi connectivity index (χ3n) is 7.27. The SMILES string of the molecule is CN(C(=O)OC(C)(C)C)C1CCN(c2ccc(C(=O)N[C@H]3CC[C@H](Oc4ccc(C#N)c(Cl)c4)CC3)nn2)CC1. The number of piperidine rings is 1. The van der Waals surface area contributed by atoms with Gasteiger partial charge in [-0.1, -0.05) is 11.6 Å². The summed E-state index contributed by atoms with van der Waals surface area (Å²) in [5, 5.41) is 21.0. The van der Waals surface area contributed by atoms with E-state index in [0.717, 1.165) is 57.4 Å². The van der Waals surface area contributed by atoms with Crippen LogP contribution in [0.25, 0.3) is 0 Å². The summed E-state index contributed by atoms with van der Waals surface area (Å²) in [5.74, 6) is 1.13. The number of rotatable bonds is 6. The predicted molar refractivity (Wildman–Crippen MR) is 152 cm³/mol. The standard InChI is InChI=1S/C29H37ClN6O4/c1-29(2,3)40-28(38)35(4)21-13-15-36(16-14-21)26-12-11-25(33-34-26)27(37)32-20-6-9-22(10-7-20)39-23-8-5-19(18-31)24(30)17-23/h5,8,11-12,17,20-22H,6-7,9-10,13-16H2,1-4H3,(H,32,37)/t20-,22-. The van der Waals surface area contributed by atoms with Crippen LogP contribution in [0.15, 0.2) is 30.3 Å². The van der Waals surface area contributed by atoms with Gasteiger partial charge in [-0.2, -0.15) is 5.26 Å². The number of aromatic nitrogens is 2. The van der Waals surface area contributed by atoms with Crippen LogP contribution in [0.2, 0.25) is 5.02 Å². The molecule has 1 aliphatic carbocycles. The summed E-state index contributed by atoms with van der Waals surface area (Å²) in [6.07, 6.45) is 4.49. The number of benzene rings is 1. The summed E-state index contributed by atoms with van der Waals surface area (Å²) in [4.78, 5) is 29.0. The number of anilines is 1. The van der Waals surface area contributed by atoms with Gasteiger partial charge >= 0.3 is 6.09 Å². The molecule has 0 spiro atoms. The highest BCUT2D eigenvalue weighted by Gasteiger charge is 2.29. The molecule has 0 bridgehead atoms. The second-order valence-corrected chi connectivity index (χ2v) is 11.8. The maximum absolute atomic E-state index is 12.8. The van der Waals surface area contributed by atoms with Crippen molar-refractivity contribution < 1.29 is 19.1 Å².